The predicted molar refractivity (Wildman–Crippen MR) is 104 cm³/mol. The lowest BCUT2D eigenvalue weighted by Crippen LogP contribution is -2.34. The van der Waals surface area contributed by atoms with Gasteiger partial charge in [0.1, 0.15) is 12.2 Å². The van der Waals surface area contributed by atoms with E-state index in [1.807, 2.05) is 0 Å². The van der Waals surface area contributed by atoms with Crippen LogP contribution in [0.2, 0.25) is 0 Å². The van der Waals surface area contributed by atoms with Crippen molar-refractivity contribution < 1.29 is 33.7 Å². The summed E-state index contributed by atoms with van der Waals surface area (Å²) in [6.45, 7) is 0. The molecule has 3 aliphatic carbocycles. The molecule has 0 atom stereocenters. The first-order valence-electron chi connectivity index (χ1n) is 11.1. The molecule has 0 aromatic rings. The number of carbonyl (C=O) groups is 3. The number of hydrogen-bond acceptors (Lipinski definition) is 6. The highest BCUT2D eigenvalue weighted by Crippen LogP contribution is 2.33. The van der Waals surface area contributed by atoms with Crippen LogP contribution >= 0.6 is 0 Å². The van der Waals surface area contributed by atoms with Gasteiger partial charge < -0.3 is 19.3 Å². The Kier molecular flexibility index (Phi) is 7.92. The van der Waals surface area contributed by atoms with Crippen molar-refractivity contribution in [2.24, 2.45) is 17.8 Å². The minimum absolute atomic E-state index is 0.00230. The zero-order valence-corrected chi connectivity index (χ0v) is 17.3. The lowest BCUT2D eigenvalue weighted by atomic mass is 9.81. The van der Waals surface area contributed by atoms with E-state index in [-0.39, 0.29) is 48.0 Å². The minimum atomic E-state index is -0.758. The second kappa shape index (κ2) is 10.4. The van der Waals surface area contributed by atoms with Crippen molar-refractivity contribution in [3.8, 4) is 0 Å². The number of carboxylic acids is 1. The Morgan fingerprint density at radius 3 is 1.31 bits per heavy atom. The van der Waals surface area contributed by atoms with Crippen LogP contribution in [0, 0.1) is 17.8 Å². The predicted octanol–water partition coefficient (Wildman–Crippen LogP) is 3.48. The van der Waals surface area contributed by atoms with Crippen molar-refractivity contribution in [2.45, 2.75) is 95.4 Å². The number of methoxy groups -OCH3 is 1. The van der Waals surface area contributed by atoms with Crippen molar-refractivity contribution in [1.29, 1.82) is 0 Å². The lowest BCUT2D eigenvalue weighted by molar-refractivity contribution is -0.163. The molecular formula is C22H34O7. The Bertz CT molecular complexity index is 566. The van der Waals surface area contributed by atoms with Gasteiger partial charge in [-0.3, -0.25) is 14.4 Å². The van der Waals surface area contributed by atoms with Gasteiger partial charge in [-0.15, -0.1) is 0 Å². The van der Waals surface area contributed by atoms with Crippen molar-refractivity contribution in [3.63, 3.8) is 0 Å². The van der Waals surface area contributed by atoms with Gasteiger partial charge in [-0.25, -0.2) is 0 Å². The molecule has 7 heteroatoms. The van der Waals surface area contributed by atoms with Gasteiger partial charge in [0.2, 0.25) is 0 Å². The second-order valence-corrected chi connectivity index (χ2v) is 8.87. The largest absolute Gasteiger partial charge is 0.481 e. The Hall–Kier alpha value is -1.63. The standard InChI is InChI=1S/C22H34O7/c1-27-17-10-12-19(13-11-17)29-22(26)16-4-2-15(3-5-16)21(25)28-18-8-6-14(7-9-18)20(23)24/h14-19H,2-13H2,1H3,(H,23,24). The first-order chi connectivity index (χ1) is 14.0. The first kappa shape index (κ1) is 22.1. The van der Waals surface area contributed by atoms with Crippen LogP contribution in [0.4, 0.5) is 0 Å². The van der Waals surface area contributed by atoms with Crippen LogP contribution in [0.1, 0.15) is 77.0 Å². The molecule has 164 valence electrons. The van der Waals surface area contributed by atoms with Crippen LogP contribution < -0.4 is 0 Å². The Morgan fingerprint density at radius 1 is 0.586 bits per heavy atom. The van der Waals surface area contributed by atoms with Gasteiger partial charge in [-0.05, 0) is 77.0 Å². The third kappa shape index (κ3) is 6.17. The van der Waals surface area contributed by atoms with Gasteiger partial charge in [0.05, 0.1) is 23.9 Å². The molecule has 0 heterocycles. The van der Waals surface area contributed by atoms with Gasteiger partial charge in [0.15, 0.2) is 0 Å². The summed E-state index contributed by atoms with van der Waals surface area (Å²) in [5.74, 6) is -1.65. The Labute approximate surface area is 172 Å². The zero-order valence-electron chi connectivity index (χ0n) is 17.3. The average Bonchev–Trinajstić information content (AvgIpc) is 2.74. The highest BCUT2D eigenvalue weighted by molar-refractivity contribution is 5.75. The average molecular weight is 411 g/mol. The van der Waals surface area contributed by atoms with E-state index in [2.05, 4.69) is 0 Å². The van der Waals surface area contributed by atoms with E-state index in [9.17, 15) is 14.4 Å². The van der Waals surface area contributed by atoms with Crippen molar-refractivity contribution >= 4 is 17.9 Å². The molecular weight excluding hydrogens is 376 g/mol. The van der Waals surface area contributed by atoms with Crippen LogP contribution in [-0.4, -0.2) is 48.4 Å². The number of hydrogen-bond donors (Lipinski definition) is 1. The molecule has 0 spiro atoms. The molecule has 0 radical (unpaired) electrons. The molecule has 0 bridgehead atoms. The van der Waals surface area contributed by atoms with E-state index in [1.54, 1.807) is 7.11 Å². The summed E-state index contributed by atoms with van der Waals surface area (Å²) < 4.78 is 16.7. The summed E-state index contributed by atoms with van der Waals surface area (Å²) in [6.07, 6.45) is 8.71. The summed E-state index contributed by atoms with van der Waals surface area (Å²) in [6, 6.07) is 0. The molecule has 0 aromatic heterocycles. The molecule has 0 saturated heterocycles. The van der Waals surface area contributed by atoms with E-state index < -0.39 is 5.97 Å². The maximum absolute atomic E-state index is 12.5. The van der Waals surface area contributed by atoms with E-state index in [1.165, 1.54) is 0 Å². The van der Waals surface area contributed by atoms with Gasteiger partial charge >= 0.3 is 17.9 Å². The molecule has 3 fully saturated rings. The summed E-state index contributed by atoms with van der Waals surface area (Å²) in [5.41, 5.74) is 0. The summed E-state index contributed by atoms with van der Waals surface area (Å²) >= 11 is 0. The SMILES string of the molecule is COC1CCC(OC(=O)C2CCC(C(=O)OC3CCC(C(=O)O)CC3)CC2)CC1. The lowest BCUT2D eigenvalue weighted by Gasteiger charge is -2.31. The van der Waals surface area contributed by atoms with Crippen molar-refractivity contribution in [2.75, 3.05) is 7.11 Å². The highest BCUT2D eigenvalue weighted by atomic mass is 16.5. The highest BCUT2D eigenvalue weighted by Gasteiger charge is 2.35. The van der Waals surface area contributed by atoms with Gasteiger partial charge in [0, 0.05) is 7.11 Å². The number of esters is 2. The smallest absolute Gasteiger partial charge is 0.309 e. The normalized spacial score (nSPS) is 35.5. The van der Waals surface area contributed by atoms with Gasteiger partial charge in [0.25, 0.3) is 0 Å². The number of rotatable bonds is 6. The molecule has 3 saturated carbocycles. The quantitative estimate of drug-likeness (QED) is 0.669. The van der Waals surface area contributed by atoms with Crippen LogP contribution in [0.25, 0.3) is 0 Å². The zero-order chi connectivity index (χ0) is 20.8. The van der Waals surface area contributed by atoms with Crippen molar-refractivity contribution in [3.05, 3.63) is 0 Å². The van der Waals surface area contributed by atoms with Crippen LogP contribution in [0.5, 0.6) is 0 Å². The number of carboxylic acid groups (broad SMARTS) is 1. The fourth-order valence-corrected chi connectivity index (χ4v) is 4.90. The van der Waals surface area contributed by atoms with E-state index in [0.717, 1.165) is 25.7 Å². The maximum Gasteiger partial charge on any atom is 0.309 e. The van der Waals surface area contributed by atoms with Crippen molar-refractivity contribution in [1.82, 2.24) is 0 Å². The van der Waals surface area contributed by atoms with E-state index in [0.29, 0.717) is 51.4 Å². The summed E-state index contributed by atoms with van der Waals surface area (Å²) in [4.78, 5) is 36.0. The van der Waals surface area contributed by atoms with Crippen LogP contribution in [0.3, 0.4) is 0 Å². The molecule has 0 amide bonds. The summed E-state index contributed by atoms with van der Waals surface area (Å²) in [5, 5.41) is 9.06. The number of carbonyl (C=O) groups excluding carboxylic acids is 2. The topological polar surface area (TPSA) is 99.1 Å². The molecule has 0 aromatic carbocycles. The van der Waals surface area contributed by atoms with E-state index >= 15 is 0 Å². The summed E-state index contributed by atoms with van der Waals surface area (Å²) in [7, 11) is 1.72. The molecule has 0 aliphatic heterocycles. The molecule has 7 nitrogen and oxygen atoms in total. The fraction of sp³-hybridized carbons (Fsp3) is 0.864. The number of ether oxygens (including phenoxy) is 3. The van der Waals surface area contributed by atoms with Gasteiger partial charge in [-0.1, -0.05) is 0 Å². The molecule has 3 aliphatic rings. The molecule has 29 heavy (non-hydrogen) atoms. The Balaban J connectivity index is 1.35. The third-order valence-corrected chi connectivity index (χ3v) is 6.94. The van der Waals surface area contributed by atoms with Crippen LogP contribution in [-0.2, 0) is 28.6 Å². The monoisotopic (exact) mass is 410 g/mol. The molecule has 1 N–H and O–H groups in total. The molecule has 0 unspecified atom stereocenters. The third-order valence-electron chi connectivity index (χ3n) is 6.94. The molecule has 3 rings (SSSR count). The second-order valence-electron chi connectivity index (χ2n) is 8.87. The first-order valence-corrected chi connectivity index (χ1v) is 11.1. The minimum Gasteiger partial charge on any atom is -0.481 e. The van der Waals surface area contributed by atoms with E-state index in [4.69, 9.17) is 19.3 Å². The fourth-order valence-electron chi connectivity index (χ4n) is 4.90. The maximum atomic E-state index is 12.5. The Morgan fingerprint density at radius 2 is 0.931 bits per heavy atom. The van der Waals surface area contributed by atoms with Gasteiger partial charge in [-0.2, -0.15) is 0 Å². The van der Waals surface area contributed by atoms with Crippen LogP contribution in [0.15, 0.2) is 0 Å². The number of aliphatic carboxylic acids is 1.